The second kappa shape index (κ2) is 7.09. The zero-order chi connectivity index (χ0) is 17.9. The van der Waals surface area contributed by atoms with Crippen LogP contribution in [-0.4, -0.2) is 32.7 Å². The summed E-state index contributed by atoms with van der Waals surface area (Å²) in [4.78, 5) is 24.9. The minimum absolute atomic E-state index is 0.186. The zero-order valence-electron chi connectivity index (χ0n) is 14.2. The van der Waals surface area contributed by atoms with E-state index in [1.807, 2.05) is 18.2 Å². The summed E-state index contributed by atoms with van der Waals surface area (Å²) >= 11 is 1.47. The molecular weight excluding hydrogens is 330 g/mol. The number of carbonyl (C=O) groups is 2. The Hall–Kier alpha value is -2.28. The standard InChI is InChI=1S/C17H21NO5S/c1-5-23-16(20)17(2,15(18)19)9-11-6-10-7-12(21-3)13(22-4)8-14(10)24-11/h6-8H,5,9H2,1-4H3,(H2,18,19). The lowest BCUT2D eigenvalue weighted by Gasteiger charge is -2.22. The Balaban J connectivity index is 2.41. The van der Waals surface area contributed by atoms with Gasteiger partial charge in [0.2, 0.25) is 5.91 Å². The topological polar surface area (TPSA) is 87.8 Å². The van der Waals surface area contributed by atoms with Gasteiger partial charge in [0, 0.05) is 22.1 Å². The van der Waals surface area contributed by atoms with Crippen molar-refractivity contribution in [1.82, 2.24) is 0 Å². The number of ether oxygens (including phenoxy) is 3. The number of esters is 1. The first-order chi connectivity index (χ1) is 11.3. The van der Waals surface area contributed by atoms with Crippen LogP contribution in [0.15, 0.2) is 18.2 Å². The van der Waals surface area contributed by atoms with E-state index < -0.39 is 17.3 Å². The highest BCUT2D eigenvalue weighted by Crippen LogP contribution is 2.38. The molecule has 6 nitrogen and oxygen atoms in total. The number of primary amides is 1. The molecule has 1 amide bonds. The van der Waals surface area contributed by atoms with E-state index in [9.17, 15) is 9.59 Å². The van der Waals surface area contributed by atoms with Gasteiger partial charge in [-0.3, -0.25) is 9.59 Å². The smallest absolute Gasteiger partial charge is 0.321 e. The highest BCUT2D eigenvalue weighted by Gasteiger charge is 2.41. The Morgan fingerprint density at radius 3 is 2.33 bits per heavy atom. The van der Waals surface area contributed by atoms with Crippen LogP contribution in [0, 0.1) is 5.41 Å². The Kier molecular flexibility index (Phi) is 5.33. The van der Waals surface area contributed by atoms with Crippen molar-refractivity contribution in [3.63, 3.8) is 0 Å². The number of methoxy groups -OCH3 is 2. The number of hydrogen-bond donors (Lipinski definition) is 1. The van der Waals surface area contributed by atoms with Gasteiger partial charge in [0.1, 0.15) is 5.41 Å². The first-order valence-corrected chi connectivity index (χ1v) is 8.29. The Labute approximate surface area is 144 Å². The molecule has 1 heterocycles. The molecule has 0 aliphatic carbocycles. The molecule has 0 aliphatic heterocycles. The van der Waals surface area contributed by atoms with Gasteiger partial charge in [0.15, 0.2) is 11.5 Å². The van der Waals surface area contributed by atoms with Gasteiger partial charge in [-0.15, -0.1) is 11.3 Å². The van der Waals surface area contributed by atoms with Gasteiger partial charge in [-0.1, -0.05) is 0 Å². The van der Waals surface area contributed by atoms with E-state index in [1.54, 1.807) is 21.1 Å². The molecule has 130 valence electrons. The van der Waals surface area contributed by atoms with Crippen molar-refractivity contribution in [2.75, 3.05) is 20.8 Å². The molecule has 1 unspecified atom stereocenters. The van der Waals surface area contributed by atoms with Crippen molar-refractivity contribution in [3.05, 3.63) is 23.1 Å². The Morgan fingerprint density at radius 2 is 1.79 bits per heavy atom. The van der Waals surface area contributed by atoms with Crippen LogP contribution < -0.4 is 15.2 Å². The van der Waals surface area contributed by atoms with E-state index in [0.717, 1.165) is 15.0 Å². The minimum atomic E-state index is -1.40. The molecule has 1 atom stereocenters. The van der Waals surface area contributed by atoms with Gasteiger partial charge >= 0.3 is 5.97 Å². The summed E-state index contributed by atoms with van der Waals surface area (Å²) in [7, 11) is 3.14. The minimum Gasteiger partial charge on any atom is -0.493 e. The van der Waals surface area contributed by atoms with Crippen LogP contribution in [0.3, 0.4) is 0 Å². The lowest BCUT2D eigenvalue weighted by atomic mass is 9.85. The molecule has 7 heteroatoms. The average Bonchev–Trinajstić information content (AvgIpc) is 2.93. The number of thiophene rings is 1. The number of rotatable bonds is 7. The van der Waals surface area contributed by atoms with Crippen molar-refractivity contribution in [1.29, 1.82) is 0 Å². The monoisotopic (exact) mass is 351 g/mol. The van der Waals surface area contributed by atoms with Gasteiger partial charge in [-0.2, -0.15) is 0 Å². The number of hydrogen-bond acceptors (Lipinski definition) is 6. The van der Waals surface area contributed by atoms with Crippen molar-refractivity contribution < 1.29 is 23.8 Å². The summed E-state index contributed by atoms with van der Waals surface area (Å²) in [6.45, 7) is 3.40. The van der Waals surface area contributed by atoms with Gasteiger partial charge in [-0.05, 0) is 31.4 Å². The highest BCUT2D eigenvalue weighted by atomic mass is 32.1. The largest absolute Gasteiger partial charge is 0.493 e. The summed E-state index contributed by atoms with van der Waals surface area (Å²) in [5.41, 5.74) is 4.06. The van der Waals surface area contributed by atoms with E-state index >= 15 is 0 Å². The fraction of sp³-hybridized carbons (Fsp3) is 0.412. The summed E-state index contributed by atoms with van der Waals surface area (Å²) in [6, 6.07) is 5.65. The quantitative estimate of drug-likeness (QED) is 0.612. The number of amides is 1. The van der Waals surface area contributed by atoms with Crippen LogP contribution in [0.2, 0.25) is 0 Å². The predicted molar refractivity (Wildman–Crippen MR) is 92.6 cm³/mol. The molecule has 2 rings (SSSR count). The summed E-state index contributed by atoms with van der Waals surface area (Å²) in [6.07, 6.45) is 0.186. The molecule has 2 aromatic rings. The molecule has 0 bridgehead atoms. The van der Waals surface area contributed by atoms with E-state index in [-0.39, 0.29) is 13.0 Å². The Morgan fingerprint density at radius 1 is 1.17 bits per heavy atom. The van der Waals surface area contributed by atoms with Gasteiger partial charge < -0.3 is 19.9 Å². The van der Waals surface area contributed by atoms with Crippen molar-refractivity contribution >= 4 is 33.3 Å². The molecule has 0 fully saturated rings. The van der Waals surface area contributed by atoms with Gasteiger partial charge in [0.25, 0.3) is 0 Å². The molecular formula is C17H21NO5S. The van der Waals surface area contributed by atoms with E-state index in [2.05, 4.69) is 0 Å². The lowest BCUT2D eigenvalue weighted by Crippen LogP contribution is -2.44. The third kappa shape index (κ3) is 3.31. The molecule has 0 radical (unpaired) electrons. The van der Waals surface area contributed by atoms with Crippen LogP contribution in [0.1, 0.15) is 18.7 Å². The Bertz CT molecular complexity index is 729. The van der Waals surface area contributed by atoms with Gasteiger partial charge in [0.05, 0.1) is 20.8 Å². The number of fused-ring (bicyclic) bond motifs is 1. The molecule has 24 heavy (non-hydrogen) atoms. The number of benzene rings is 1. The molecule has 0 spiro atoms. The average molecular weight is 351 g/mol. The molecule has 0 saturated heterocycles. The maximum atomic E-state index is 12.2. The van der Waals surface area contributed by atoms with Crippen molar-refractivity contribution in [2.24, 2.45) is 11.1 Å². The fourth-order valence-electron chi connectivity index (χ4n) is 2.41. The van der Waals surface area contributed by atoms with E-state index in [4.69, 9.17) is 19.9 Å². The highest BCUT2D eigenvalue weighted by molar-refractivity contribution is 7.19. The number of nitrogens with two attached hydrogens (primary N) is 1. The van der Waals surface area contributed by atoms with Crippen LogP contribution >= 0.6 is 11.3 Å². The van der Waals surface area contributed by atoms with Crippen LogP contribution in [0.4, 0.5) is 0 Å². The zero-order valence-corrected chi connectivity index (χ0v) is 15.0. The van der Waals surface area contributed by atoms with Gasteiger partial charge in [-0.25, -0.2) is 0 Å². The first kappa shape index (κ1) is 18.1. The summed E-state index contributed by atoms with van der Waals surface area (Å²) in [5.74, 6) is -0.0578. The molecule has 0 saturated carbocycles. The van der Waals surface area contributed by atoms with Crippen LogP contribution in [0.5, 0.6) is 11.5 Å². The first-order valence-electron chi connectivity index (χ1n) is 7.47. The maximum absolute atomic E-state index is 12.2. The second-order valence-corrected chi connectivity index (χ2v) is 6.72. The maximum Gasteiger partial charge on any atom is 0.321 e. The van der Waals surface area contributed by atoms with E-state index in [0.29, 0.717) is 11.5 Å². The second-order valence-electron chi connectivity index (χ2n) is 5.55. The van der Waals surface area contributed by atoms with E-state index in [1.165, 1.54) is 18.3 Å². The molecule has 1 aromatic heterocycles. The fourth-order valence-corrected chi connectivity index (χ4v) is 3.64. The van der Waals surface area contributed by atoms with Crippen molar-refractivity contribution in [3.8, 4) is 11.5 Å². The molecule has 2 N–H and O–H groups in total. The SMILES string of the molecule is CCOC(=O)C(C)(Cc1cc2cc(OC)c(OC)cc2s1)C(N)=O. The molecule has 0 aliphatic rings. The van der Waals surface area contributed by atoms with Crippen LogP contribution in [0.25, 0.3) is 10.1 Å². The molecule has 1 aromatic carbocycles. The summed E-state index contributed by atoms with van der Waals surface area (Å²) in [5, 5.41) is 0.948. The number of carbonyl (C=O) groups excluding carboxylic acids is 2. The third-order valence-electron chi connectivity index (χ3n) is 3.87. The summed E-state index contributed by atoms with van der Waals surface area (Å²) < 4.78 is 16.6. The lowest BCUT2D eigenvalue weighted by molar-refractivity contribution is -0.158. The van der Waals surface area contributed by atoms with Crippen molar-refractivity contribution in [2.45, 2.75) is 20.3 Å². The van der Waals surface area contributed by atoms with Crippen LogP contribution in [-0.2, 0) is 20.7 Å². The third-order valence-corrected chi connectivity index (χ3v) is 4.97. The predicted octanol–water partition coefficient (Wildman–Crippen LogP) is 2.52. The normalized spacial score (nSPS) is 13.3.